The maximum absolute atomic E-state index is 12.9. The van der Waals surface area contributed by atoms with Gasteiger partial charge in [-0.1, -0.05) is 42.0 Å². The molecule has 2 fully saturated rings. The number of amides is 2. The van der Waals surface area contributed by atoms with Crippen LogP contribution in [0.5, 0.6) is 11.5 Å². The van der Waals surface area contributed by atoms with Gasteiger partial charge in [-0.3, -0.25) is 14.5 Å². The van der Waals surface area contributed by atoms with Crippen molar-refractivity contribution >= 4 is 17.9 Å². The van der Waals surface area contributed by atoms with E-state index in [0.717, 1.165) is 35.3 Å². The number of para-hydroxylation sites is 1. The van der Waals surface area contributed by atoms with Gasteiger partial charge < -0.3 is 14.6 Å². The summed E-state index contributed by atoms with van der Waals surface area (Å²) in [6.45, 7) is 2.93. The lowest BCUT2D eigenvalue weighted by Gasteiger charge is -2.31. The van der Waals surface area contributed by atoms with Gasteiger partial charge in [0.25, 0.3) is 0 Å². The number of carbonyl (C=O) groups excluding carboxylic acids is 2. The van der Waals surface area contributed by atoms with E-state index in [4.69, 9.17) is 9.47 Å². The van der Waals surface area contributed by atoms with E-state index in [1.807, 2.05) is 42.5 Å². The van der Waals surface area contributed by atoms with Crippen molar-refractivity contribution in [3.63, 3.8) is 0 Å². The average molecular weight is 474 g/mol. The minimum atomic E-state index is -0.336. The molecule has 2 saturated heterocycles. The van der Waals surface area contributed by atoms with Gasteiger partial charge >= 0.3 is 0 Å². The molecule has 2 heterocycles. The Balaban J connectivity index is 1.38. The average Bonchev–Trinajstić information content (AvgIpc) is 3.37. The van der Waals surface area contributed by atoms with Crippen LogP contribution in [0.3, 0.4) is 0 Å². The first kappa shape index (κ1) is 23.4. The van der Waals surface area contributed by atoms with Gasteiger partial charge in [0.05, 0.1) is 24.5 Å². The van der Waals surface area contributed by atoms with Crippen molar-refractivity contribution in [2.75, 3.05) is 20.3 Å². The molecule has 0 aromatic heterocycles. The fraction of sp³-hybridized carbons (Fsp3) is 0.379. The van der Waals surface area contributed by atoms with E-state index in [2.05, 4.69) is 13.0 Å². The van der Waals surface area contributed by atoms with Crippen LogP contribution < -0.4 is 4.74 Å². The summed E-state index contributed by atoms with van der Waals surface area (Å²) < 4.78 is 12.4. The van der Waals surface area contributed by atoms with Crippen molar-refractivity contribution in [3.05, 3.63) is 76.9 Å². The Bertz CT molecular complexity index is 1180. The van der Waals surface area contributed by atoms with Crippen LogP contribution in [0.4, 0.5) is 0 Å². The SMILES string of the molecule is C/C(=C\c1cccc(O)c1)CC[C@H]1OC[C@H]2C1=C(COc1ccccc1)C[C@H]1C(=O)N(C)C(=O)[C@H]12. The number of phenols is 1. The van der Waals surface area contributed by atoms with Crippen molar-refractivity contribution in [2.45, 2.75) is 32.3 Å². The van der Waals surface area contributed by atoms with Crippen LogP contribution in [0, 0.1) is 17.8 Å². The van der Waals surface area contributed by atoms with Crippen LogP contribution in [0.2, 0.25) is 0 Å². The van der Waals surface area contributed by atoms with Crippen molar-refractivity contribution in [1.29, 1.82) is 0 Å². The molecule has 3 aliphatic rings. The van der Waals surface area contributed by atoms with Crippen molar-refractivity contribution in [1.82, 2.24) is 4.90 Å². The van der Waals surface area contributed by atoms with Gasteiger partial charge in [0.15, 0.2) is 0 Å². The molecule has 5 rings (SSSR count). The third-order valence-electron chi connectivity index (χ3n) is 7.47. The zero-order valence-corrected chi connectivity index (χ0v) is 20.1. The van der Waals surface area contributed by atoms with E-state index < -0.39 is 0 Å². The fourth-order valence-electron chi connectivity index (χ4n) is 5.78. The highest BCUT2D eigenvalue weighted by Crippen LogP contribution is 2.49. The fourth-order valence-corrected chi connectivity index (χ4v) is 5.78. The van der Waals surface area contributed by atoms with Gasteiger partial charge in [-0.05, 0) is 67.2 Å². The number of likely N-dealkylation sites (tertiary alicyclic amines) is 1. The predicted molar refractivity (Wildman–Crippen MR) is 133 cm³/mol. The minimum absolute atomic E-state index is 0.0788. The molecule has 182 valence electrons. The summed E-state index contributed by atoms with van der Waals surface area (Å²) in [5.41, 5.74) is 4.39. The second kappa shape index (κ2) is 9.70. The first-order chi connectivity index (χ1) is 16.9. The molecule has 2 aliphatic heterocycles. The third kappa shape index (κ3) is 4.63. The van der Waals surface area contributed by atoms with E-state index in [1.54, 1.807) is 19.2 Å². The highest BCUT2D eigenvalue weighted by Gasteiger charge is 2.56. The van der Waals surface area contributed by atoms with Gasteiger partial charge in [0, 0.05) is 13.0 Å². The maximum atomic E-state index is 12.9. The number of aromatic hydroxyl groups is 1. The molecule has 2 amide bonds. The largest absolute Gasteiger partial charge is 0.508 e. The monoisotopic (exact) mass is 473 g/mol. The molecule has 2 aromatic carbocycles. The van der Waals surface area contributed by atoms with Crippen LogP contribution in [0.25, 0.3) is 6.08 Å². The van der Waals surface area contributed by atoms with Crippen LogP contribution in [-0.4, -0.2) is 48.2 Å². The number of nitrogens with zero attached hydrogens (tertiary/aromatic N) is 1. The van der Waals surface area contributed by atoms with Gasteiger partial charge in [-0.2, -0.15) is 0 Å². The number of phenolic OH excluding ortho intramolecular Hbond substituents is 1. The van der Waals surface area contributed by atoms with Crippen molar-refractivity contribution in [2.24, 2.45) is 17.8 Å². The summed E-state index contributed by atoms with van der Waals surface area (Å²) >= 11 is 0. The molecule has 6 nitrogen and oxygen atoms in total. The lowest BCUT2D eigenvalue weighted by molar-refractivity contribution is -0.138. The molecular formula is C29H31NO5. The summed E-state index contributed by atoms with van der Waals surface area (Å²) in [6, 6.07) is 16.9. The molecule has 0 saturated carbocycles. The number of hydrogen-bond acceptors (Lipinski definition) is 5. The highest BCUT2D eigenvalue weighted by atomic mass is 16.5. The van der Waals surface area contributed by atoms with Gasteiger partial charge in [0.1, 0.15) is 18.1 Å². The molecular weight excluding hydrogens is 442 g/mol. The Morgan fingerprint density at radius 3 is 2.69 bits per heavy atom. The first-order valence-electron chi connectivity index (χ1n) is 12.2. The zero-order valence-electron chi connectivity index (χ0n) is 20.1. The number of imide groups is 1. The predicted octanol–water partition coefficient (Wildman–Crippen LogP) is 4.60. The van der Waals surface area contributed by atoms with E-state index in [-0.39, 0.29) is 41.4 Å². The quantitative estimate of drug-likeness (QED) is 0.470. The molecule has 35 heavy (non-hydrogen) atoms. The second-order valence-corrected chi connectivity index (χ2v) is 9.79. The van der Waals surface area contributed by atoms with Crippen LogP contribution >= 0.6 is 0 Å². The second-order valence-electron chi connectivity index (χ2n) is 9.79. The molecule has 2 aromatic rings. The van der Waals surface area contributed by atoms with Gasteiger partial charge in [-0.25, -0.2) is 0 Å². The normalized spacial score (nSPS) is 26.2. The molecule has 4 atom stereocenters. The first-order valence-corrected chi connectivity index (χ1v) is 12.2. The number of fused-ring (bicyclic) bond motifs is 3. The summed E-state index contributed by atoms with van der Waals surface area (Å²) in [6.07, 6.45) is 4.12. The molecule has 0 spiro atoms. The number of hydrogen-bond donors (Lipinski definition) is 1. The number of ether oxygens (including phenoxy) is 2. The Labute approximate surface area is 205 Å². The van der Waals surface area contributed by atoms with Crippen LogP contribution in [-0.2, 0) is 14.3 Å². The topological polar surface area (TPSA) is 76.1 Å². The number of carbonyl (C=O) groups is 2. The number of rotatable bonds is 7. The summed E-state index contributed by atoms with van der Waals surface area (Å²) in [5, 5.41) is 9.73. The van der Waals surface area contributed by atoms with E-state index >= 15 is 0 Å². The number of allylic oxidation sites excluding steroid dienone is 1. The Morgan fingerprint density at radius 1 is 1.11 bits per heavy atom. The molecule has 0 unspecified atom stereocenters. The van der Waals surface area contributed by atoms with Crippen molar-refractivity contribution < 1.29 is 24.2 Å². The molecule has 6 heteroatoms. The van der Waals surface area contributed by atoms with Crippen LogP contribution in [0.15, 0.2) is 71.3 Å². The third-order valence-corrected chi connectivity index (χ3v) is 7.47. The van der Waals surface area contributed by atoms with Crippen molar-refractivity contribution in [3.8, 4) is 11.5 Å². The van der Waals surface area contributed by atoms with Gasteiger partial charge in [-0.15, -0.1) is 0 Å². The summed E-state index contributed by atoms with van der Waals surface area (Å²) in [7, 11) is 1.59. The summed E-state index contributed by atoms with van der Waals surface area (Å²) in [4.78, 5) is 27.1. The molecule has 0 bridgehead atoms. The van der Waals surface area contributed by atoms with E-state index in [1.165, 1.54) is 10.5 Å². The Hall–Kier alpha value is -3.38. The van der Waals surface area contributed by atoms with E-state index in [9.17, 15) is 14.7 Å². The Kier molecular flexibility index (Phi) is 6.48. The number of benzene rings is 2. The lowest BCUT2D eigenvalue weighted by Crippen LogP contribution is -2.35. The van der Waals surface area contributed by atoms with E-state index in [0.29, 0.717) is 19.6 Å². The minimum Gasteiger partial charge on any atom is -0.508 e. The van der Waals surface area contributed by atoms with Gasteiger partial charge in [0.2, 0.25) is 11.8 Å². The Morgan fingerprint density at radius 2 is 1.91 bits per heavy atom. The highest BCUT2D eigenvalue weighted by molar-refractivity contribution is 6.05. The standard InChI is InChI=1S/C29H31NO5/c1-18(13-19-7-6-8-21(31)14-19)11-12-25-26-20(16-34-22-9-4-3-5-10-22)15-23-27(24(26)17-35-25)29(33)30(2)28(23)32/h3-10,13-14,23-25,27,31H,11-12,15-17H2,1-2H3/b18-13+/t23-,24+,25-,27-/m1/s1. The smallest absolute Gasteiger partial charge is 0.233 e. The lowest BCUT2D eigenvalue weighted by atomic mass is 9.69. The molecule has 1 N–H and O–H groups in total. The zero-order chi connectivity index (χ0) is 24.5. The molecule has 1 aliphatic carbocycles. The maximum Gasteiger partial charge on any atom is 0.233 e. The molecule has 0 radical (unpaired) electrons. The van der Waals surface area contributed by atoms with Crippen LogP contribution in [0.1, 0.15) is 31.7 Å². The summed E-state index contributed by atoms with van der Waals surface area (Å²) in [5.74, 6) is 0.108.